The van der Waals surface area contributed by atoms with E-state index in [1.807, 2.05) is 6.92 Å². The van der Waals surface area contributed by atoms with Crippen molar-refractivity contribution < 1.29 is 23.9 Å². The molecule has 0 aliphatic carbocycles. The van der Waals surface area contributed by atoms with E-state index in [1.54, 1.807) is 0 Å². The van der Waals surface area contributed by atoms with Crippen LogP contribution in [0.15, 0.2) is 11.3 Å². The number of methoxy groups -OCH3 is 1. The molecule has 0 aromatic rings. The Kier molecular flexibility index (Phi) is 4.05. The predicted molar refractivity (Wildman–Crippen MR) is 71.3 cm³/mol. The number of esters is 2. The van der Waals surface area contributed by atoms with Crippen molar-refractivity contribution in [2.75, 3.05) is 13.7 Å². The number of carbonyl (C=O) groups excluding carboxylic acids is 3. The Hall–Kier alpha value is -1.54. The average Bonchev–Trinajstić information content (AvgIpc) is 2.43. The summed E-state index contributed by atoms with van der Waals surface area (Å²) in [5, 5.41) is -0.364. The van der Waals surface area contributed by atoms with Gasteiger partial charge in [-0.15, -0.1) is 11.8 Å². The van der Waals surface area contributed by atoms with E-state index < -0.39 is 18.0 Å². The van der Waals surface area contributed by atoms with Crippen molar-refractivity contribution in [2.24, 2.45) is 5.73 Å². The van der Waals surface area contributed by atoms with E-state index in [-0.39, 0.29) is 28.8 Å². The highest BCUT2D eigenvalue weighted by atomic mass is 32.2. The molecule has 8 heteroatoms. The Labute approximate surface area is 120 Å². The number of nitrogens with two attached hydrogens (primary N) is 1. The topological polar surface area (TPSA) is 98.9 Å². The van der Waals surface area contributed by atoms with Gasteiger partial charge in [0.1, 0.15) is 23.7 Å². The van der Waals surface area contributed by atoms with E-state index in [2.05, 4.69) is 0 Å². The van der Waals surface area contributed by atoms with Crippen LogP contribution in [-0.2, 0) is 23.9 Å². The van der Waals surface area contributed by atoms with Gasteiger partial charge in [0, 0.05) is 17.7 Å². The Morgan fingerprint density at radius 3 is 2.65 bits per heavy atom. The maximum Gasteiger partial charge on any atom is 0.354 e. The molecule has 0 aromatic heterocycles. The predicted octanol–water partition coefficient (Wildman–Crippen LogP) is -0.392. The molecule has 2 N–H and O–H groups in total. The average molecular weight is 300 g/mol. The van der Waals surface area contributed by atoms with Crippen LogP contribution >= 0.6 is 11.8 Å². The Balaban J connectivity index is 2.38. The summed E-state index contributed by atoms with van der Waals surface area (Å²) in [5.74, 6) is -1.40. The molecule has 0 bridgehead atoms. The molecule has 0 spiro atoms. The number of hydrogen-bond donors (Lipinski definition) is 1. The first-order valence-electron chi connectivity index (χ1n) is 6.07. The normalized spacial score (nSPS) is 28.7. The first kappa shape index (κ1) is 14.9. The van der Waals surface area contributed by atoms with Gasteiger partial charge in [0.25, 0.3) is 0 Å². The molecule has 1 amide bonds. The summed E-state index contributed by atoms with van der Waals surface area (Å²) in [5.41, 5.74) is 6.45. The Bertz CT molecular complexity index is 504. The van der Waals surface area contributed by atoms with Gasteiger partial charge in [-0.05, 0) is 6.92 Å². The molecule has 2 aliphatic rings. The molecule has 1 saturated heterocycles. The maximum atomic E-state index is 11.9. The zero-order chi connectivity index (χ0) is 15.0. The summed E-state index contributed by atoms with van der Waals surface area (Å²) in [7, 11) is 1.24. The molecule has 1 unspecified atom stereocenters. The number of nitrogens with zero attached hydrogens (tertiary/aromatic N) is 1. The maximum absolute atomic E-state index is 11.9. The van der Waals surface area contributed by atoms with Crippen LogP contribution in [0.5, 0.6) is 0 Å². The molecular formula is C12H16N2O5S. The number of amides is 1. The fourth-order valence-electron chi connectivity index (χ4n) is 2.20. The number of β-lactam (4-membered cyclic amide) rings is 1. The first-order valence-corrected chi connectivity index (χ1v) is 7.01. The second kappa shape index (κ2) is 5.45. The smallest absolute Gasteiger partial charge is 0.354 e. The molecule has 3 atom stereocenters. The van der Waals surface area contributed by atoms with Crippen molar-refractivity contribution in [3.05, 3.63) is 11.3 Å². The third kappa shape index (κ3) is 2.29. The van der Waals surface area contributed by atoms with Crippen LogP contribution in [0.3, 0.4) is 0 Å². The largest absolute Gasteiger partial charge is 0.464 e. The number of ether oxygens (including phenoxy) is 2. The van der Waals surface area contributed by atoms with Crippen LogP contribution in [0.25, 0.3) is 0 Å². The van der Waals surface area contributed by atoms with Crippen molar-refractivity contribution in [2.45, 2.75) is 30.5 Å². The lowest BCUT2D eigenvalue weighted by atomic mass is 10.0. The second-order valence-electron chi connectivity index (χ2n) is 4.55. The molecule has 110 valence electrons. The fourth-order valence-corrected chi connectivity index (χ4v) is 3.58. The monoisotopic (exact) mass is 300 g/mol. The van der Waals surface area contributed by atoms with E-state index in [4.69, 9.17) is 15.2 Å². The van der Waals surface area contributed by atoms with Crippen molar-refractivity contribution in [3.8, 4) is 0 Å². The van der Waals surface area contributed by atoms with Crippen molar-refractivity contribution >= 4 is 29.6 Å². The third-order valence-corrected chi connectivity index (χ3v) is 4.75. The molecule has 2 heterocycles. The zero-order valence-corrected chi connectivity index (χ0v) is 12.2. The SMILES string of the molecule is COC(=O)C1=C(COC(C)=O)C(C)S[C@H]2[C@H](N)C(=O)N12. The van der Waals surface area contributed by atoms with Gasteiger partial charge < -0.3 is 15.2 Å². The summed E-state index contributed by atoms with van der Waals surface area (Å²) >= 11 is 1.46. The van der Waals surface area contributed by atoms with Gasteiger partial charge in [-0.3, -0.25) is 14.5 Å². The van der Waals surface area contributed by atoms with Crippen LogP contribution < -0.4 is 5.73 Å². The lowest BCUT2D eigenvalue weighted by Crippen LogP contribution is -2.69. The van der Waals surface area contributed by atoms with Crippen LogP contribution in [0.1, 0.15) is 13.8 Å². The number of carbonyl (C=O) groups is 3. The van der Waals surface area contributed by atoms with E-state index >= 15 is 0 Å². The standard InChI is InChI=1S/C12H16N2O5S/c1-5-7(4-19-6(2)15)9(12(17)18-3)14-10(16)8(13)11(14)20-5/h5,8,11H,4,13H2,1-3H3/t5?,8-,11+/m1/s1. The second-order valence-corrected chi connectivity index (χ2v) is 6.01. The summed E-state index contributed by atoms with van der Waals surface area (Å²) in [4.78, 5) is 36.1. The molecule has 2 aliphatic heterocycles. The van der Waals surface area contributed by atoms with Crippen molar-refractivity contribution in [1.82, 2.24) is 4.90 Å². The van der Waals surface area contributed by atoms with E-state index in [0.717, 1.165) is 0 Å². The zero-order valence-electron chi connectivity index (χ0n) is 11.4. The summed E-state index contributed by atoms with van der Waals surface area (Å²) in [6.45, 7) is 3.12. The highest BCUT2D eigenvalue weighted by Crippen LogP contribution is 2.43. The molecule has 0 radical (unpaired) electrons. The van der Waals surface area contributed by atoms with Crippen LogP contribution in [-0.4, -0.2) is 53.1 Å². The van der Waals surface area contributed by atoms with Gasteiger partial charge in [-0.1, -0.05) is 0 Å². The number of rotatable bonds is 3. The summed E-state index contributed by atoms with van der Waals surface area (Å²) in [6.07, 6.45) is 0. The minimum Gasteiger partial charge on any atom is -0.464 e. The van der Waals surface area contributed by atoms with Crippen LogP contribution in [0.4, 0.5) is 0 Å². The van der Waals surface area contributed by atoms with Crippen LogP contribution in [0.2, 0.25) is 0 Å². The molecular weight excluding hydrogens is 284 g/mol. The van der Waals surface area contributed by atoms with Crippen molar-refractivity contribution in [3.63, 3.8) is 0 Å². The Morgan fingerprint density at radius 1 is 1.45 bits per heavy atom. The first-order chi connectivity index (χ1) is 9.38. The van der Waals surface area contributed by atoms with Gasteiger partial charge in [0.05, 0.1) is 7.11 Å². The molecule has 1 fully saturated rings. The molecule has 20 heavy (non-hydrogen) atoms. The lowest BCUT2D eigenvalue weighted by Gasteiger charge is -2.49. The quantitative estimate of drug-likeness (QED) is 0.559. The molecule has 2 rings (SSSR count). The van der Waals surface area contributed by atoms with Gasteiger partial charge in [-0.2, -0.15) is 0 Å². The highest BCUT2D eigenvalue weighted by Gasteiger charge is 2.53. The van der Waals surface area contributed by atoms with E-state index in [9.17, 15) is 14.4 Å². The van der Waals surface area contributed by atoms with Crippen LogP contribution in [0, 0.1) is 0 Å². The molecule has 0 saturated carbocycles. The fraction of sp³-hybridized carbons (Fsp3) is 0.583. The van der Waals surface area contributed by atoms with Gasteiger partial charge in [-0.25, -0.2) is 4.79 Å². The number of thioether (sulfide) groups is 1. The highest BCUT2D eigenvalue weighted by molar-refractivity contribution is 8.00. The minimum atomic E-state index is -0.621. The minimum absolute atomic E-state index is 0.0420. The summed E-state index contributed by atoms with van der Waals surface area (Å²) < 4.78 is 9.69. The van der Waals surface area contributed by atoms with Gasteiger partial charge >= 0.3 is 11.9 Å². The lowest BCUT2D eigenvalue weighted by molar-refractivity contribution is -0.149. The van der Waals surface area contributed by atoms with Gasteiger partial charge in [0.2, 0.25) is 5.91 Å². The Morgan fingerprint density at radius 2 is 2.10 bits per heavy atom. The molecule has 7 nitrogen and oxygen atoms in total. The molecule has 0 aromatic carbocycles. The number of fused-ring (bicyclic) bond motifs is 1. The van der Waals surface area contributed by atoms with E-state index in [1.165, 1.54) is 30.7 Å². The van der Waals surface area contributed by atoms with Crippen molar-refractivity contribution in [1.29, 1.82) is 0 Å². The van der Waals surface area contributed by atoms with Gasteiger partial charge in [0.15, 0.2) is 0 Å². The third-order valence-electron chi connectivity index (χ3n) is 3.27. The van der Waals surface area contributed by atoms with E-state index in [0.29, 0.717) is 5.57 Å². The summed E-state index contributed by atoms with van der Waals surface area (Å²) in [6, 6.07) is -0.614. The number of hydrogen-bond acceptors (Lipinski definition) is 7.